The van der Waals surface area contributed by atoms with Crippen molar-refractivity contribution in [2.24, 2.45) is 0 Å². The predicted molar refractivity (Wildman–Crippen MR) is 86.7 cm³/mol. The molecule has 0 aliphatic carbocycles. The summed E-state index contributed by atoms with van der Waals surface area (Å²) in [6.45, 7) is 3.71. The number of methoxy groups -OCH3 is 1. The van der Waals surface area contributed by atoms with Crippen LogP contribution in [0.1, 0.15) is 32.1 Å². The molecule has 0 aromatic rings. The minimum absolute atomic E-state index is 0.0665. The van der Waals surface area contributed by atoms with Crippen molar-refractivity contribution in [3.8, 4) is 0 Å². The van der Waals surface area contributed by atoms with Gasteiger partial charge in [-0.2, -0.15) is 0 Å². The summed E-state index contributed by atoms with van der Waals surface area (Å²) in [5, 5.41) is 0. The molecule has 1 heterocycles. The zero-order valence-corrected chi connectivity index (χ0v) is 14.5. The molecule has 6 nitrogen and oxygen atoms in total. The number of hydrogen-bond acceptors (Lipinski definition) is 5. The van der Waals surface area contributed by atoms with E-state index in [-0.39, 0.29) is 24.7 Å². The molecule has 0 spiro atoms. The molecule has 1 aliphatic heterocycles. The Hall–Kier alpha value is -1.14. The van der Waals surface area contributed by atoms with Crippen LogP contribution < -0.4 is 0 Å². The van der Waals surface area contributed by atoms with Crippen molar-refractivity contribution >= 4 is 11.9 Å². The highest BCUT2D eigenvalue weighted by Crippen LogP contribution is 2.16. The number of carbonyl (C=O) groups is 2. The van der Waals surface area contributed by atoms with Gasteiger partial charge >= 0.3 is 5.97 Å². The van der Waals surface area contributed by atoms with Crippen LogP contribution in [0.25, 0.3) is 0 Å². The molecule has 0 saturated carbocycles. The van der Waals surface area contributed by atoms with E-state index in [9.17, 15) is 9.59 Å². The van der Waals surface area contributed by atoms with E-state index in [0.717, 1.165) is 45.4 Å². The quantitative estimate of drug-likeness (QED) is 0.621. The van der Waals surface area contributed by atoms with Crippen LogP contribution >= 0.6 is 0 Å². The smallest absolute Gasteiger partial charge is 0.306 e. The topological polar surface area (TPSA) is 53.1 Å². The van der Waals surface area contributed by atoms with Crippen LogP contribution in [0.15, 0.2) is 0 Å². The summed E-state index contributed by atoms with van der Waals surface area (Å²) in [5.74, 6) is -0.250. The van der Waals surface area contributed by atoms with Crippen molar-refractivity contribution in [3.05, 3.63) is 0 Å². The van der Waals surface area contributed by atoms with Gasteiger partial charge in [0.05, 0.1) is 13.5 Å². The molecule has 1 rings (SSSR count). The van der Waals surface area contributed by atoms with Gasteiger partial charge in [-0.15, -0.1) is 0 Å². The maximum Gasteiger partial charge on any atom is 0.306 e. The normalized spacial score (nSPS) is 18.8. The van der Waals surface area contributed by atoms with Crippen LogP contribution in [0, 0.1) is 0 Å². The standard InChI is InChI=1S/C16H31N3O3/c1-17(2)10-6-11-18(3)14-7-5-12-19(13-14)15(20)8-9-16(21)22-4/h14H,5-13H2,1-4H3/t14-/m0/s1. The molecule has 22 heavy (non-hydrogen) atoms. The Kier molecular flexibility index (Phi) is 8.42. The fourth-order valence-corrected chi connectivity index (χ4v) is 2.83. The second-order valence-electron chi connectivity index (χ2n) is 6.35. The van der Waals surface area contributed by atoms with Crippen LogP contribution in [-0.4, -0.2) is 87.0 Å². The van der Waals surface area contributed by atoms with Crippen LogP contribution in [-0.2, 0) is 14.3 Å². The van der Waals surface area contributed by atoms with Crippen LogP contribution in [0.5, 0.6) is 0 Å². The zero-order chi connectivity index (χ0) is 16.5. The third-order valence-corrected chi connectivity index (χ3v) is 4.26. The number of rotatable bonds is 8. The van der Waals surface area contributed by atoms with Gasteiger partial charge in [-0.3, -0.25) is 9.59 Å². The molecule has 0 radical (unpaired) electrons. The van der Waals surface area contributed by atoms with Crippen LogP contribution in [0.3, 0.4) is 0 Å². The number of likely N-dealkylation sites (N-methyl/N-ethyl adjacent to an activating group) is 1. The Morgan fingerprint density at radius 3 is 2.55 bits per heavy atom. The van der Waals surface area contributed by atoms with Crippen molar-refractivity contribution in [1.29, 1.82) is 0 Å². The average Bonchev–Trinajstić information content (AvgIpc) is 2.51. The third kappa shape index (κ3) is 6.75. The molecule has 128 valence electrons. The summed E-state index contributed by atoms with van der Waals surface area (Å²) < 4.78 is 4.59. The lowest BCUT2D eigenvalue weighted by Gasteiger charge is -2.38. The molecule has 1 atom stereocenters. The van der Waals surface area contributed by atoms with Gasteiger partial charge in [0.1, 0.15) is 0 Å². The Morgan fingerprint density at radius 2 is 1.91 bits per heavy atom. The molecular weight excluding hydrogens is 282 g/mol. The van der Waals surface area contributed by atoms with Crippen LogP contribution in [0.4, 0.5) is 0 Å². The Labute approximate surface area is 134 Å². The molecule has 1 saturated heterocycles. The maximum absolute atomic E-state index is 12.2. The van der Waals surface area contributed by atoms with Gasteiger partial charge in [0, 0.05) is 25.6 Å². The van der Waals surface area contributed by atoms with E-state index in [1.54, 1.807) is 0 Å². The number of hydrogen-bond donors (Lipinski definition) is 0. The van der Waals surface area contributed by atoms with Gasteiger partial charge in [0.25, 0.3) is 0 Å². The lowest BCUT2D eigenvalue weighted by atomic mass is 10.0. The number of piperidine rings is 1. The zero-order valence-electron chi connectivity index (χ0n) is 14.5. The third-order valence-electron chi connectivity index (χ3n) is 4.26. The first kappa shape index (κ1) is 18.9. The van der Waals surface area contributed by atoms with E-state index < -0.39 is 0 Å². The van der Waals surface area contributed by atoms with E-state index in [1.165, 1.54) is 7.11 Å². The lowest BCUT2D eigenvalue weighted by molar-refractivity contribution is -0.144. The molecule has 0 aromatic carbocycles. The molecule has 0 bridgehead atoms. The first-order chi connectivity index (χ1) is 10.4. The van der Waals surface area contributed by atoms with Crippen molar-refractivity contribution in [1.82, 2.24) is 14.7 Å². The highest BCUT2D eigenvalue weighted by molar-refractivity contribution is 5.81. The summed E-state index contributed by atoms with van der Waals surface area (Å²) in [7, 11) is 7.67. The van der Waals surface area contributed by atoms with Gasteiger partial charge < -0.3 is 19.4 Å². The fraction of sp³-hybridized carbons (Fsp3) is 0.875. The number of ether oxygens (including phenoxy) is 1. The Morgan fingerprint density at radius 1 is 1.18 bits per heavy atom. The summed E-state index contributed by atoms with van der Waals surface area (Å²) >= 11 is 0. The van der Waals surface area contributed by atoms with E-state index in [1.807, 2.05) is 4.90 Å². The number of likely N-dealkylation sites (tertiary alicyclic amines) is 1. The number of nitrogens with zero attached hydrogens (tertiary/aromatic N) is 3. The molecule has 0 unspecified atom stereocenters. The van der Waals surface area contributed by atoms with E-state index in [4.69, 9.17) is 0 Å². The minimum atomic E-state index is -0.317. The van der Waals surface area contributed by atoms with Gasteiger partial charge in [-0.05, 0) is 53.5 Å². The fourth-order valence-electron chi connectivity index (χ4n) is 2.83. The first-order valence-electron chi connectivity index (χ1n) is 8.13. The van der Waals surface area contributed by atoms with Gasteiger partial charge in [0.15, 0.2) is 0 Å². The summed E-state index contributed by atoms with van der Waals surface area (Å²) in [6.07, 6.45) is 3.74. The van der Waals surface area contributed by atoms with E-state index >= 15 is 0 Å². The van der Waals surface area contributed by atoms with E-state index in [0.29, 0.717) is 6.04 Å². The largest absolute Gasteiger partial charge is 0.469 e. The van der Waals surface area contributed by atoms with Gasteiger partial charge in [-0.25, -0.2) is 0 Å². The molecule has 6 heteroatoms. The highest BCUT2D eigenvalue weighted by Gasteiger charge is 2.26. The Balaban J connectivity index is 2.36. The van der Waals surface area contributed by atoms with Gasteiger partial charge in [-0.1, -0.05) is 0 Å². The molecular formula is C16H31N3O3. The van der Waals surface area contributed by atoms with Crippen molar-refractivity contribution in [2.75, 3.05) is 54.4 Å². The van der Waals surface area contributed by atoms with Crippen molar-refractivity contribution < 1.29 is 14.3 Å². The number of amides is 1. The monoisotopic (exact) mass is 313 g/mol. The van der Waals surface area contributed by atoms with Gasteiger partial charge in [0.2, 0.25) is 5.91 Å². The second-order valence-corrected chi connectivity index (χ2v) is 6.35. The minimum Gasteiger partial charge on any atom is -0.469 e. The SMILES string of the molecule is COC(=O)CCC(=O)N1CCC[C@H](N(C)CCCN(C)C)C1. The molecule has 0 N–H and O–H groups in total. The number of carbonyl (C=O) groups excluding carboxylic acids is 2. The molecule has 1 amide bonds. The van der Waals surface area contributed by atoms with Crippen molar-refractivity contribution in [2.45, 2.75) is 38.1 Å². The molecule has 1 aliphatic rings. The first-order valence-corrected chi connectivity index (χ1v) is 8.13. The maximum atomic E-state index is 12.2. The molecule has 1 fully saturated rings. The second kappa shape index (κ2) is 9.79. The van der Waals surface area contributed by atoms with E-state index in [2.05, 4.69) is 35.7 Å². The highest BCUT2D eigenvalue weighted by atomic mass is 16.5. The lowest BCUT2D eigenvalue weighted by Crippen LogP contribution is -2.49. The summed E-state index contributed by atoms with van der Waals surface area (Å²) in [6, 6.07) is 0.429. The predicted octanol–water partition coefficient (Wildman–Crippen LogP) is 0.814. The average molecular weight is 313 g/mol. The summed E-state index contributed by atoms with van der Waals surface area (Å²) in [5.41, 5.74) is 0. The number of esters is 1. The Bertz CT molecular complexity index is 361. The van der Waals surface area contributed by atoms with Crippen molar-refractivity contribution in [3.63, 3.8) is 0 Å². The van der Waals surface area contributed by atoms with Crippen LogP contribution in [0.2, 0.25) is 0 Å². The summed E-state index contributed by atoms with van der Waals surface area (Å²) in [4.78, 5) is 29.8. The molecule has 0 aromatic heterocycles.